The summed E-state index contributed by atoms with van der Waals surface area (Å²) in [4.78, 5) is 2.25. The van der Waals surface area contributed by atoms with E-state index in [4.69, 9.17) is 4.74 Å². The van der Waals surface area contributed by atoms with Crippen LogP contribution in [-0.4, -0.2) is 91.8 Å². The number of rotatable bonds is 2. The number of likely N-dealkylation sites (N-methyl/N-ethyl adjacent to an activating group) is 1. The highest BCUT2D eigenvalue weighted by Gasteiger charge is 2.91. The molecule has 164 valence electrons. The maximum atomic E-state index is 12.3. The molecule has 6 rings (SSSR count). The Kier molecular flexibility index (Phi) is 3.48. The van der Waals surface area contributed by atoms with Crippen LogP contribution >= 0.6 is 0 Å². The fourth-order valence-corrected chi connectivity index (χ4v) is 10.1. The zero-order valence-electron chi connectivity index (χ0n) is 17.6. The van der Waals surface area contributed by atoms with Crippen molar-refractivity contribution < 1.29 is 30.3 Å². The van der Waals surface area contributed by atoms with E-state index >= 15 is 0 Å². The van der Waals surface area contributed by atoms with Crippen molar-refractivity contribution in [3.05, 3.63) is 0 Å². The van der Waals surface area contributed by atoms with Gasteiger partial charge < -0.3 is 30.3 Å². The average Bonchev–Trinajstić information content (AvgIpc) is 3.04. The fraction of sp³-hybridized carbons (Fsp3) is 1.00. The second-order valence-electron chi connectivity index (χ2n) is 11.4. The first-order valence-corrected chi connectivity index (χ1v) is 11.4. The highest BCUT2D eigenvalue weighted by molar-refractivity contribution is 5.42. The first-order chi connectivity index (χ1) is 13.6. The van der Waals surface area contributed by atoms with Gasteiger partial charge in [-0.3, -0.25) is 4.90 Å². The third-order valence-corrected chi connectivity index (χ3v) is 10.9. The molecule has 6 aliphatic rings. The van der Waals surface area contributed by atoms with E-state index < -0.39 is 52.5 Å². The third-order valence-electron chi connectivity index (χ3n) is 10.9. The van der Waals surface area contributed by atoms with Crippen LogP contribution in [0.3, 0.4) is 0 Å². The Hall–Kier alpha value is -0.280. The Morgan fingerprint density at radius 1 is 1.10 bits per heavy atom. The summed E-state index contributed by atoms with van der Waals surface area (Å²) in [6.45, 7) is 5.86. The van der Waals surface area contributed by atoms with Gasteiger partial charge in [-0.1, -0.05) is 13.8 Å². The van der Waals surface area contributed by atoms with Gasteiger partial charge in [0.2, 0.25) is 0 Å². The number of likely N-dealkylation sites (tertiary alicyclic amines) is 1. The van der Waals surface area contributed by atoms with Crippen LogP contribution in [0.5, 0.6) is 0 Å². The Morgan fingerprint density at radius 3 is 2.48 bits per heavy atom. The topological polar surface area (TPSA) is 114 Å². The number of hydrogen-bond acceptors (Lipinski definition) is 7. The molecule has 1 spiro atoms. The summed E-state index contributed by atoms with van der Waals surface area (Å²) < 4.78 is 5.66. The maximum absolute atomic E-state index is 12.3. The summed E-state index contributed by atoms with van der Waals surface area (Å²) in [5, 5.41) is 59.4. The summed E-state index contributed by atoms with van der Waals surface area (Å²) in [7, 11) is 1.57. The van der Waals surface area contributed by atoms with E-state index in [0.29, 0.717) is 25.8 Å². The number of hydrogen-bond donors (Lipinski definition) is 5. The molecule has 7 nitrogen and oxygen atoms in total. The van der Waals surface area contributed by atoms with Crippen molar-refractivity contribution in [1.29, 1.82) is 0 Å². The molecule has 7 heteroatoms. The molecule has 0 aromatic carbocycles. The van der Waals surface area contributed by atoms with Gasteiger partial charge in [-0.05, 0) is 43.6 Å². The molecule has 7 bridgehead atoms. The van der Waals surface area contributed by atoms with Gasteiger partial charge in [0.1, 0.15) is 16.8 Å². The Morgan fingerprint density at radius 2 is 1.83 bits per heavy atom. The summed E-state index contributed by atoms with van der Waals surface area (Å²) >= 11 is 0. The first-order valence-electron chi connectivity index (χ1n) is 11.4. The normalized spacial score (nSPS) is 67.7. The molecule has 29 heavy (non-hydrogen) atoms. The molecule has 0 aromatic heterocycles. The van der Waals surface area contributed by atoms with Crippen LogP contribution in [0, 0.1) is 28.6 Å². The SMILES string of the molecule is CCN1C[C@]2(C)CC[C@H](O)[C@@]34[C@@H]2C[C@@](O)([C@@H]13)[C@@]1(O)C[C@H](OC)[C@@H]2C[C@@H]4[C@]1(O)[C@H]2O. The Labute approximate surface area is 171 Å². The minimum atomic E-state index is -1.87. The van der Waals surface area contributed by atoms with E-state index in [1.807, 2.05) is 0 Å². The Balaban J connectivity index is 1.67. The molecule has 6 fully saturated rings. The molecule has 0 unspecified atom stereocenters. The monoisotopic (exact) mass is 409 g/mol. The molecule has 5 saturated carbocycles. The lowest BCUT2D eigenvalue weighted by Gasteiger charge is -2.71. The molecule has 1 heterocycles. The molecular weight excluding hydrogens is 374 g/mol. The standard InChI is InChI=1S/C22H35NO6/c1-4-23-10-18(2)6-5-15(24)21-13-7-11-12(29-3)8-20(27,22(13,28)16(11)25)19(26,17(21)23)9-14(18)21/h11-17,24-28H,4-10H2,1-3H3/t11-,12-,13-,14+,15-,16-,17+,18-,19+,20-,21+,22-/m0/s1. The van der Waals surface area contributed by atoms with Gasteiger partial charge in [0.25, 0.3) is 0 Å². The molecule has 1 saturated heterocycles. The van der Waals surface area contributed by atoms with Gasteiger partial charge in [-0.2, -0.15) is 0 Å². The van der Waals surface area contributed by atoms with Crippen LogP contribution < -0.4 is 0 Å². The molecule has 5 aliphatic carbocycles. The highest BCUT2D eigenvalue weighted by atomic mass is 16.5. The zero-order valence-corrected chi connectivity index (χ0v) is 17.6. The first kappa shape index (κ1) is 19.4. The van der Waals surface area contributed by atoms with Gasteiger partial charge in [-0.15, -0.1) is 0 Å². The highest BCUT2D eigenvalue weighted by Crippen LogP contribution is 2.80. The van der Waals surface area contributed by atoms with Crippen LogP contribution in [0.4, 0.5) is 0 Å². The van der Waals surface area contributed by atoms with Gasteiger partial charge >= 0.3 is 0 Å². The summed E-state index contributed by atoms with van der Waals surface area (Å²) in [6, 6.07) is -0.426. The predicted octanol–water partition coefficient (Wildman–Crippen LogP) is -0.520. The van der Waals surface area contributed by atoms with E-state index in [9.17, 15) is 25.5 Å². The van der Waals surface area contributed by atoms with Crippen LogP contribution in [0.1, 0.15) is 46.0 Å². The van der Waals surface area contributed by atoms with Crippen LogP contribution in [0.2, 0.25) is 0 Å². The molecule has 0 radical (unpaired) electrons. The number of piperidine rings is 1. The van der Waals surface area contributed by atoms with E-state index in [-0.39, 0.29) is 23.7 Å². The third kappa shape index (κ3) is 1.61. The molecule has 5 N–H and O–H groups in total. The van der Waals surface area contributed by atoms with Crippen molar-refractivity contribution in [2.75, 3.05) is 20.2 Å². The van der Waals surface area contributed by atoms with Crippen molar-refractivity contribution in [2.24, 2.45) is 28.6 Å². The molecular formula is C22H35NO6. The van der Waals surface area contributed by atoms with Gasteiger partial charge in [-0.25, -0.2) is 0 Å². The lowest BCUT2D eigenvalue weighted by atomic mass is 9.41. The Bertz CT molecular complexity index is 766. The van der Waals surface area contributed by atoms with Gasteiger partial charge in [0.15, 0.2) is 0 Å². The minimum absolute atomic E-state index is 0.00662. The predicted molar refractivity (Wildman–Crippen MR) is 103 cm³/mol. The van der Waals surface area contributed by atoms with Gasteiger partial charge in [0.05, 0.1) is 24.4 Å². The number of methoxy groups -OCH3 is 1. The average molecular weight is 410 g/mol. The van der Waals surface area contributed by atoms with E-state index in [1.165, 1.54) is 0 Å². The number of fused-ring (bicyclic) bond motifs is 2. The van der Waals surface area contributed by atoms with Crippen molar-refractivity contribution in [1.82, 2.24) is 4.90 Å². The van der Waals surface area contributed by atoms with Crippen molar-refractivity contribution in [3.8, 4) is 0 Å². The number of ether oxygens (including phenoxy) is 1. The molecule has 12 atom stereocenters. The van der Waals surface area contributed by atoms with Crippen molar-refractivity contribution in [3.63, 3.8) is 0 Å². The lowest BCUT2D eigenvalue weighted by Crippen LogP contribution is -2.87. The van der Waals surface area contributed by atoms with E-state index in [2.05, 4.69) is 18.7 Å². The zero-order chi connectivity index (χ0) is 20.8. The second-order valence-corrected chi connectivity index (χ2v) is 11.4. The second kappa shape index (κ2) is 5.20. The summed E-state index contributed by atoms with van der Waals surface area (Å²) in [5.74, 6) is -0.766. The molecule has 0 amide bonds. The quantitative estimate of drug-likeness (QED) is 0.417. The van der Waals surface area contributed by atoms with E-state index in [0.717, 1.165) is 13.0 Å². The lowest BCUT2D eigenvalue weighted by molar-refractivity contribution is -0.364. The fourth-order valence-electron chi connectivity index (χ4n) is 10.1. The van der Waals surface area contributed by atoms with Crippen LogP contribution in [-0.2, 0) is 4.74 Å². The molecule has 1 aliphatic heterocycles. The number of nitrogens with zero attached hydrogens (tertiary/aromatic N) is 1. The van der Waals surface area contributed by atoms with Crippen molar-refractivity contribution >= 4 is 0 Å². The maximum Gasteiger partial charge on any atom is 0.129 e. The summed E-state index contributed by atoms with van der Waals surface area (Å²) in [6.07, 6.45) is 0.207. The summed E-state index contributed by atoms with van der Waals surface area (Å²) in [5.41, 5.74) is -6.12. The largest absolute Gasteiger partial charge is 0.392 e. The number of aliphatic hydroxyl groups excluding tert-OH is 2. The van der Waals surface area contributed by atoms with Crippen LogP contribution in [0.25, 0.3) is 0 Å². The minimum Gasteiger partial charge on any atom is -0.392 e. The smallest absolute Gasteiger partial charge is 0.129 e. The van der Waals surface area contributed by atoms with E-state index in [1.54, 1.807) is 7.11 Å². The molecule has 0 aromatic rings. The van der Waals surface area contributed by atoms with Crippen LogP contribution in [0.15, 0.2) is 0 Å². The van der Waals surface area contributed by atoms with Crippen molar-refractivity contribution in [2.45, 2.75) is 87.1 Å². The number of aliphatic hydroxyl groups is 5. The van der Waals surface area contributed by atoms with Gasteiger partial charge in [0, 0.05) is 37.3 Å².